The van der Waals surface area contributed by atoms with Crippen LogP contribution in [0, 0.1) is 5.82 Å². The van der Waals surface area contributed by atoms with Crippen LogP contribution in [0.15, 0.2) is 24.3 Å². The Morgan fingerprint density at radius 3 is 2.65 bits per heavy atom. The third-order valence-corrected chi connectivity index (χ3v) is 2.77. The van der Waals surface area contributed by atoms with Crippen molar-refractivity contribution in [1.82, 2.24) is 10.2 Å². The molecular formula is C14H19FN2O3. The number of carbonyl (C=O) groups is 2. The third kappa shape index (κ3) is 4.62. The van der Waals surface area contributed by atoms with Gasteiger partial charge in [-0.2, -0.15) is 0 Å². The van der Waals surface area contributed by atoms with Crippen molar-refractivity contribution in [3.8, 4) is 0 Å². The van der Waals surface area contributed by atoms with E-state index < -0.39 is 11.7 Å². The average Bonchev–Trinajstić information content (AvgIpc) is 2.41. The monoisotopic (exact) mass is 282 g/mol. The van der Waals surface area contributed by atoms with Gasteiger partial charge in [-0.3, -0.25) is 9.59 Å². The minimum atomic E-state index is -0.509. The Kier molecular flexibility index (Phi) is 6.11. The van der Waals surface area contributed by atoms with Crippen molar-refractivity contribution < 1.29 is 19.1 Å². The number of halogens is 1. The van der Waals surface area contributed by atoms with Crippen LogP contribution < -0.4 is 5.32 Å². The van der Waals surface area contributed by atoms with E-state index in [4.69, 9.17) is 5.11 Å². The molecule has 2 N–H and O–H groups in total. The SMILES string of the molecule is CC(C)N(CCO)C(=O)CNC(=O)c1cccc(F)c1. The van der Waals surface area contributed by atoms with E-state index >= 15 is 0 Å². The van der Waals surface area contributed by atoms with Crippen LogP contribution in [0.3, 0.4) is 0 Å². The fourth-order valence-corrected chi connectivity index (χ4v) is 1.77. The highest BCUT2D eigenvalue weighted by atomic mass is 19.1. The molecular weight excluding hydrogens is 263 g/mol. The number of aliphatic hydroxyl groups is 1. The van der Waals surface area contributed by atoms with Crippen LogP contribution in [0.2, 0.25) is 0 Å². The molecule has 0 bridgehead atoms. The molecule has 0 radical (unpaired) electrons. The van der Waals surface area contributed by atoms with Gasteiger partial charge in [-0.05, 0) is 32.0 Å². The van der Waals surface area contributed by atoms with Crippen LogP contribution in [0.25, 0.3) is 0 Å². The van der Waals surface area contributed by atoms with Crippen molar-refractivity contribution in [3.05, 3.63) is 35.6 Å². The summed E-state index contributed by atoms with van der Waals surface area (Å²) in [6.45, 7) is 3.53. The first-order valence-electron chi connectivity index (χ1n) is 6.39. The van der Waals surface area contributed by atoms with E-state index in [0.29, 0.717) is 0 Å². The van der Waals surface area contributed by atoms with Crippen molar-refractivity contribution in [2.45, 2.75) is 19.9 Å². The van der Waals surface area contributed by atoms with Gasteiger partial charge in [-0.15, -0.1) is 0 Å². The molecule has 0 aromatic heterocycles. The molecule has 0 fully saturated rings. The molecule has 0 aliphatic carbocycles. The van der Waals surface area contributed by atoms with E-state index in [1.807, 2.05) is 13.8 Å². The van der Waals surface area contributed by atoms with E-state index in [0.717, 1.165) is 6.07 Å². The first kappa shape index (κ1) is 16.1. The maximum Gasteiger partial charge on any atom is 0.251 e. The fourth-order valence-electron chi connectivity index (χ4n) is 1.77. The van der Waals surface area contributed by atoms with Crippen LogP contribution in [0.1, 0.15) is 24.2 Å². The van der Waals surface area contributed by atoms with Gasteiger partial charge in [0.1, 0.15) is 5.82 Å². The van der Waals surface area contributed by atoms with Crippen LogP contribution in [-0.2, 0) is 4.79 Å². The minimum Gasteiger partial charge on any atom is -0.395 e. The number of hydrogen-bond donors (Lipinski definition) is 2. The molecule has 1 rings (SSSR count). The molecule has 0 saturated carbocycles. The summed E-state index contributed by atoms with van der Waals surface area (Å²) in [6, 6.07) is 5.17. The Morgan fingerprint density at radius 2 is 2.10 bits per heavy atom. The second kappa shape index (κ2) is 7.59. The van der Waals surface area contributed by atoms with Gasteiger partial charge in [-0.1, -0.05) is 6.07 Å². The molecule has 20 heavy (non-hydrogen) atoms. The molecule has 1 aromatic carbocycles. The lowest BCUT2D eigenvalue weighted by Crippen LogP contribution is -2.44. The van der Waals surface area contributed by atoms with Crippen LogP contribution in [-0.4, -0.2) is 47.6 Å². The molecule has 0 saturated heterocycles. The summed E-state index contributed by atoms with van der Waals surface area (Å²) < 4.78 is 13.0. The van der Waals surface area contributed by atoms with Gasteiger partial charge in [0.05, 0.1) is 13.2 Å². The molecule has 6 heteroatoms. The molecule has 5 nitrogen and oxygen atoms in total. The Labute approximate surface area is 117 Å². The zero-order valence-electron chi connectivity index (χ0n) is 11.6. The normalized spacial score (nSPS) is 10.4. The first-order valence-corrected chi connectivity index (χ1v) is 6.39. The standard InChI is InChI=1S/C14H19FN2O3/c1-10(2)17(6-7-18)13(19)9-16-14(20)11-4-3-5-12(15)8-11/h3-5,8,10,18H,6-7,9H2,1-2H3,(H,16,20). The summed E-state index contributed by atoms with van der Waals surface area (Å²) in [6.07, 6.45) is 0. The van der Waals surface area contributed by atoms with Crippen LogP contribution in [0.5, 0.6) is 0 Å². The van der Waals surface area contributed by atoms with E-state index in [9.17, 15) is 14.0 Å². The highest BCUT2D eigenvalue weighted by Gasteiger charge is 2.17. The fraction of sp³-hybridized carbons (Fsp3) is 0.429. The molecule has 2 amide bonds. The first-order chi connectivity index (χ1) is 9.45. The number of hydrogen-bond acceptors (Lipinski definition) is 3. The third-order valence-electron chi connectivity index (χ3n) is 2.77. The predicted molar refractivity (Wildman–Crippen MR) is 72.7 cm³/mol. The number of nitrogens with one attached hydrogen (secondary N) is 1. The van der Waals surface area contributed by atoms with Crippen LogP contribution in [0.4, 0.5) is 4.39 Å². The summed E-state index contributed by atoms with van der Waals surface area (Å²) in [7, 11) is 0. The number of aliphatic hydroxyl groups excluding tert-OH is 1. The Hall–Kier alpha value is -1.95. The zero-order chi connectivity index (χ0) is 15.1. The van der Waals surface area contributed by atoms with Crippen molar-refractivity contribution in [1.29, 1.82) is 0 Å². The molecule has 0 atom stereocenters. The van der Waals surface area contributed by atoms with Gasteiger partial charge in [0.25, 0.3) is 5.91 Å². The zero-order valence-corrected chi connectivity index (χ0v) is 11.6. The Balaban J connectivity index is 2.57. The average molecular weight is 282 g/mol. The summed E-state index contributed by atoms with van der Waals surface area (Å²) in [5.74, 6) is -1.31. The van der Waals surface area contributed by atoms with Gasteiger partial charge in [0, 0.05) is 18.2 Å². The highest BCUT2D eigenvalue weighted by molar-refractivity contribution is 5.96. The minimum absolute atomic E-state index is 0.0688. The molecule has 0 spiro atoms. The lowest BCUT2D eigenvalue weighted by atomic mass is 10.2. The number of rotatable bonds is 6. The van der Waals surface area contributed by atoms with Gasteiger partial charge in [0.15, 0.2) is 0 Å². The second-order valence-electron chi connectivity index (χ2n) is 4.60. The van der Waals surface area contributed by atoms with E-state index in [1.54, 1.807) is 0 Å². The summed E-state index contributed by atoms with van der Waals surface area (Å²) in [5, 5.41) is 11.3. The van der Waals surface area contributed by atoms with E-state index in [2.05, 4.69) is 5.32 Å². The summed E-state index contributed by atoms with van der Waals surface area (Å²) >= 11 is 0. The van der Waals surface area contributed by atoms with Crippen molar-refractivity contribution in [2.24, 2.45) is 0 Å². The highest BCUT2D eigenvalue weighted by Crippen LogP contribution is 2.03. The van der Waals surface area contributed by atoms with Crippen LogP contribution >= 0.6 is 0 Å². The number of benzene rings is 1. The smallest absolute Gasteiger partial charge is 0.251 e. The number of nitrogens with zero attached hydrogens (tertiary/aromatic N) is 1. The Bertz CT molecular complexity index is 477. The topological polar surface area (TPSA) is 69.6 Å². The molecule has 1 aromatic rings. The summed E-state index contributed by atoms with van der Waals surface area (Å²) in [4.78, 5) is 25.1. The van der Waals surface area contributed by atoms with Crippen molar-refractivity contribution >= 4 is 11.8 Å². The largest absolute Gasteiger partial charge is 0.395 e. The molecule has 0 aliphatic rings. The molecule has 110 valence electrons. The molecule has 0 unspecified atom stereocenters. The lowest BCUT2D eigenvalue weighted by molar-refractivity contribution is -0.132. The Morgan fingerprint density at radius 1 is 1.40 bits per heavy atom. The molecule has 0 heterocycles. The van der Waals surface area contributed by atoms with Crippen molar-refractivity contribution in [2.75, 3.05) is 19.7 Å². The maximum absolute atomic E-state index is 13.0. The van der Waals surface area contributed by atoms with Gasteiger partial charge in [-0.25, -0.2) is 4.39 Å². The lowest BCUT2D eigenvalue weighted by Gasteiger charge is -2.26. The number of amides is 2. The quantitative estimate of drug-likeness (QED) is 0.810. The van der Waals surface area contributed by atoms with Crippen molar-refractivity contribution in [3.63, 3.8) is 0 Å². The summed E-state index contributed by atoms with van der Waals surface area (Å²) in [5.41, 5.74) is 0.163. The maximum atomic E-state index is 13.0. The van der Waals surface area contributed by atoms with E-state index in [-0.39, 0.29) is 37.2 Å². The van der Waals surface area contributed by atoms with Gasteiger partial charge in [0.2, 0.25) is 5.91 Å². The van der Waals surface area contributed by atoms with E-state index in [1.165, 1.54) is 23.1 Å². The second-order valence-corrected chi connectivity index (χ2v) is 4.60. The van der Waals surface area contributed by atoms with Gasteiger partial charge < -0.3 is 15.3 Å². The molecule has 0 aliphatic heterocycles. The number of carbonyl (C=O) groups excluding carboxylic acids is 2. The predicted octanol–water partition coefficient (Wildman–Crippen LogP) is 0.785. The van der Waals surface area contributed by atoms with Gasteiger partial charge >= 0.3 is 0 Å².